The fourth-order valence-electron chi connectivity index (χ4n) is 2.64. The van der Waals surface area contributed by atoms with Gasteiger partial charge in [-0.05, 0) is 25.9 Å². The smallest absolute Gasteiger partial charge is 0.309 e. The summed E-state index contributed by atoms with van der Waals surface area (Å²) in [5.41, 5.74) is 1.20. The number of allylic oxidation sites excluding steroid dienone is 1. The average Bonchev–Trinajstić information content (AvgIpc) is 2.50. The summed E-state index contributed by atoms with van der Waals surface area (Å²) in [5.74, 6) is -1.51. The van der Waals surface area contributed by atoms with Crippen LogP contribution in [0.1, 0.15) is 26.7 Å². The summed E-state index contributed by atoms with van der Waals surface area (Å²) < 4.78 is 9.62. The average molecular weight is 283 g/mol. The van der Waals surface area contributed by atoms with Crippen LogP contribution in [-0.4, -0.2) is 50.7 Å². The zero-order chi connectivity index (χ0) is 15.1. The Bertz CT molecular complexity index is 374. The third-order valence-electron chi connectivity index (χ3n) is 3.96. The summed E-state index contributed by atoms with van der Waals surface area (Å²) in [6.07, 6.45) is 3.19. The minimum Gasteiger partial charge on any atom is -0.469 e. The fourth-order valence-corrected chi connectivity index (χ4v) is 2.64. The molecular weight excluding hydrogens is 258 g/mol. The number of carbonyl (C=O) groups is 2. The zero-order valence-electron chi connectivity index (χ0n) is 12.8. The van der Waals surface area contributed by atoms with Gasteiger partial charge in [0, 0.05) is 6.54 Å². The number of ether oxygens (including phenoxy) is 2. The van der Waals surface area contributed by atoms with Gasteiger partial charge in [-0.1, -0.05) is 25.5 Å². The topological polar surface area (TPSA) is 55.8 Å². The van der Waals surface area contributed by atoms with Crippen LogP contribution in [0.4, 0.5) is 0 Å². The van der Waals surface area contributed by atoms with Crippen molar-refractivity contribution in [3.63, 3.8) is 0 Å². The van der Waals surface area contributed by atoms with E-state index in [9.17, 15) is 9.59 Å². The molecule has 1 aliphatic rings. The SMILES string of the molecule is CCN(CC)CC1=CC[C@H](C(=O)OC)[C@@H](C(=O)OC)C1. The van der Waals surface area contributed by atoms with Crippen molar-refractivity contribution in [1.82, 2.24) is 4.90 Å². The standard InChI is InChI=1S/C15H25NO4/c1-5-16(6-2)10-11-7-8-12(14(17)19-3)13(9-11)15(18)20-4/h7,12-13H,5-6,8-10H2,1-4H3/t12-,13-/m0/s1. The molecule has 0 saturated heterocycles. The summed E-state index contributed by atoms with van der Waals surface area (Å²) in [7, 11) is 2.71. The lowest BCUT2D eigenvalue weighted by Crippen LogP contribution is -2.36. The molecule has 0 radical (unpaired) electrons. The summed E-state index contributed by atoms with van der Waals surface area (Å²) >= 11 is 0. The molecule has 0 aliphatic heterocycles. The molecule has 0 unspecified atom stereocenters. The number of hydrogen-bond acceptors (Lipinski definition) is 5. The van der Waals surface area contributed by atoms with Gasteiger partial charge < -0.3 is 9.47 Å². The van der Waals surface area contributed by atoms with Crippen LogP contribution in [-0.2, 0) is 19.1 Å². The van der Waals surface area contributed by atoms with Gasteiger partial charge in [-0.3, -0.25) is 14.5 Å². The van der Waals surface area contributed by atoms with E-state index in [1.54, 1.807) is 0 Å². The molecule has 1 aliphatic carbocycles. The van der Waals surface area contributed by atoms with Gasteiger partial charge in [0.25, 0.3) is 0 Å². The first-order chi connectivity index (χ1) is 9.57. The molecule has 2 atom stereocenters. The van der Waals surface area contributed by atoms with Crippen LogP contribution >= 0.6 is 0 Å². The van der Waals surface area contributed by atoms with Crippen molar-refractivity contribution in [2.24, 2.45) is 11.8 Å². The van der Waals surface area contributed by atoms with Crippen LogP contribution in [0.25, 0.3) is 0 Å². The van der Waals surface area contributed by atoms with Crippen molar-refractivity contribution in [3.8, 4) is 0 Å². The molecule has 0 bridgehead atoms. The normalized spacial score (nSPS) is 22.4. The molecule has 0 amide bonds. The van der Waals surface area contributed by atoms with Crippen molar-refractivity contribution < 1.29 is 19.1 Å². The second-order valence-corrected chi connectivity index (χ2v) is 5.02. The molecular formula is C15H25NO4. The van der Waals surface area contributed by atoms with Gasteiger partial charge >= 0.3 is 11.9 Å². The van der Waals surface area contributed by atoms with Crippen LogP contribution in [0.3, 0.4) is 0 Å². The molecule has 5 heteroatoms. The second-order valence-electron chi connectivity index (χ2n) is 5.02. The molecule has 0 spiro atoms. The molecule has 20 heavy (non-hydrogen) atoms. The van der Waals surface area contributed by atoms with Crippen molar-refractivity contribution >= 4 is 11.9 Å². The van der Waals surface area contributed by atoms with E-state index in [1.807, 2.05) is 0 Å². The predicted molar refractivity (Wildman–Crippen MR) is 76.1 cm³/mol. The lowest BCUT2D eigenvalue weighted by molar-refractivity contribution is -0.157. The quantitative estimate of drug-likeness (QED) is 0.548. The van der Waals surface area contributed by atoms with Crippen molar-refractivity contribution in [1.29, 1.82) is 0 Å². The first-order valence-electron chi connectivity index (χ1n) is 7.13. The Labute approximate surface area is 120 Å². The van der Waals surface area contributed by atoms with Gasteiger partial charge in [0.05, 0.1) is 26.1 Å². The van der Waals surface area contributed by atoms with E-state index < -0.39 is 11.8 Å². The predicted octanol–water partition coefficient (Wildman–Crippen LogP) is 1.63. The third kappa shape index (κ3) is 4.07. The Morgan fingerprint density at radius 1 is 1.15 bits per heavy atom. The molecule has 5 nitrogen and oxygen atoms in total. The maximum atomic E-state index is 11.9. The Hall–Kier alpha value is -1.36. The van der Waals surface area contributed by atoms with Crippen LogP contribution in [0.15, 0.2) is 11.6 Å². The number of likely N-dealkylation sites (N-methyl/N-ethyl adjacent to an activating group) is 1. The minimum absolute atomic E-state index is 0.328. The summed E-state index contributed by atoms with van der Waals surface area (Å²) in [5, 5.41) is 0. The highest BCUT2D eigenvalue weighted by molar-refractivity contribution is 5.82. The molecule has 0 aromatic carbocycles. The molecule has 114 valence electrons. The van der Waals surface area contributed by atoms with Gasteiger partial charge in [-0.15, -0.1) is 0 Å². The van der Waals surface area contributed by atoms with E-state index >= 15 is 0 Å². The van der Waals surface area contributed by atoms with Gasteiger partial charge in [-0.2, -0.15) is 0 Å². The van der Waals surface area contributed by atoms with E-state index in [0.717, 1.165) is 19.6 Å². The molecule has 0 N–H and O–H groups in total. The number of carbonyl (C=O) groups excluding carboxylic acids is 2. The first-order valence-corrected chi connectivity index (χ1v) is 7.13. The fraction of sp³-hybridized carbons (Fsp3) is 0.733. The molecule has 1 rings (SSSR count). The van der Waals surface area contributed by atoms with Crippen LogP contribution < -0.4 is 0 Å². The summed E-state index contributed by atoms with van der Waals surface area (Å²) in [6.45, 7) is 7.01. The number of nitrogens with zero attached hydrogens (tertiary/aromatic N) is 1. The van der Waals surface area contributed by atoms with E-state index in [1.165, 1.54) is 19.8 Å². The van der Waals surface area contributed by atoms with Gasteiger partial charge in [-0.25, -0.2) is 0 Å². The number of methoxy groups -OCH3 is 2. The van der Waals surface area contributed by atoms with Crippen molar-refractivity contribution in [2.45, 2.75) is 26.7 Å². The third-order valence-corrected chi connectivity index (χ3v) is 3.96. The van der Waals surface area contributed by atoms with Crippen LogP contribution in [0, 0.1) is 11.8 Å². The molecule has 0 aromatic heterocycles. The molecule has 0 aromatic rings. The summed E-state index contributed by atoms with van der Waals surface area (Å²) in [4.78, 5) is 26.0. The Balaban J connectivity index is 2.82. The number of hydrogen-bond donors (Lipinski definition) is 0. The highest BCUT2D eigenvalue weighted by Crippen LogP contribution is 2.32. The number of esters is 2. The van der Waals surface area contributed by atoms with Crippen molar-refractivity contribution in [3.05, 3.63) is 11.6 Å². The molecule has 0 saturated carbocycles. The second kappa shape index (κ2) is 8.04. The minimum atomic E-state index is -0.428. The largest absolute Gasteiger partial charge is 0.469 e. The Morgan fingerprint density at radius 3 is 2.20 bits per heavy atom. The van der Waals surface area contributed by atoms with Crippen molar-refractivity contribution in [2.75, 3.05) is 33.9 Å². The molecule has 0 heterocycles. The van der Waals surface area contributed by atoms with Crippen LogP contribution in [0.2, 0.25) is 0 Å². The number of rotatable bonds is 6. The Kier molecular flexibility index (Phi) is 6.71. The maximum Gasteiger partial charge on any atom is 0.309 e. The zero-order valence-corrected chi connectivity index (χ0v) is 12.8. The lowest BCUT2D eigenvalue weighted by atomic mass is 9.79. The van der Waals surface area contributed by atoms with E-state index in [4.69, 9.17) is 9.47 Å². The lowest BCUT2D eigenvalue weighted by Gasteiger charge is -2.30. The van der Waals surface area contributed by atoms with Crippen LogP contribution in [0.5, 0.6) is 0 Å². The maximum absolute atomic E-state index is 11.9. The Morgan fingerprint density at radius 2 is 1.70 bits per heavy atom. The van der Waals surface area contributed by atoms with Gasteiger partial charge in [0.1, 0.15) is 0 Å². The monoisotopic (exact) mass is 283 g/mol. The first kappa shape index (κ1) is 16.7. The van der Waals surface area contributed by atoms with E-state index in [-0.39, 0.29) is 11.9 Å². The highest BCUT2D eigenvalue weighted by atomic mass is 16.5. The van der Waals surface area contributed by atoms with Gasteiger partial charge in [0.15, 0.2) is 0 Å². The van der Waals surface area contributed by atoms with E-state index in [0.29, 0.717) is 12.8 Å². The molecule has 0 fully saturated rings. The van der Waals surface area contributed by atoms with Gasteiger partial charge in [0.2, 0.25) is 0 Å². The van der Waals surface area contributed by atoms with E-state index in [2.05, 4.69) is 24.8 Å². The highest BCUT2D eigenvalue weighted by Gasteiger charge is 2.37. The summed E-state index contributed by atoms with van der Waals surface area (Å²) in [6, 6.07) is 0.